The van der Waals surface area contributed by atoms with Gasteiger partial charge in [-0.15, -0.1) is 0 Å². The lowest BCUT2D eigenvalue weighted by molar-refractivity contribution is 0.355. The molecule has 0 aliphatic heterocycles. The lowest BCUT2D eigenvalue weighted by Crippen LogP contribution is -1.99. The van der Waals surface area contributed by atoms with Crippen LogP contribution in [0.4, 0.5) is 5.82 Å². The first-order valence-electron chi connectivity index (χ1n) is 6.26. The van der Waals surface area contributed by atoms with Crippen LogP contribution in [-0.2, 0) is 13.5 Å². The topological polar surface area (TPSA) is 62.3 Å². The van der Waals surface area contributed by atoms with Gasteiger partial charge in [-0.2, -0.15) is 5.10 Å². The minimum Gasteiger partial charge on any atom is -0.493 e. The van der Waals surface area contributed by atoms with Crippen molar-refractivity contribution in [2.45, 2.75) is 13.3 Å². The van der Waals surface area contributed by atoms with Crippen molar-refractivity contribution in [3.8, 4) is 22.8 Å². The van der Waals surface area contributed by atoms with Crippen LogP contribution in [0.25, 0.3) is 11.3 Å². The van der Waals surface area contributed by atoms with Crippen molar-refractivity contribution in [3.05, 3.63) is 22.7 Å². The summed E-state index contributed by atoms with van der Waals surface area (Å²) in [5.74, 6) is 1.71. The lowest BCUT2D eigenvalue weighted by Gasteiger charge is -2.15. The van der Waals surface area contributed by atoms with Crippen molar-refractivity contribution in [2.24, 2.45) is 7.05 Å². The zero-order chi connectivity index (χ0) is 14.9. The van der Waals surface area contributed by atoms with Gasteiger partial charge >= 0.3 is 0 Å². The molecule has 0 bridgehead atoms. The van der Waals surface area contributed by atoms with E-state index in [0.717, 1.165) is 23.2 Å². The van der Waals surface area contributed by atoms with Crippen LogP contribution in [0.1, 0.15) is 12.5 Å². The Bertz CT molecular complexity index is 618. The Balaban J connectivity index is 2.71. The molecule has 1 aromatic carbocycles. The van der Waals surface area contributed by atoms with Gasteiger partial charge in [0, 0.05) is 18.7 Å². The van der Waals surface area contributed by atoms with Crippen LogP contribution in [-0.4, -0.2) is 24.0 Å². The predicted octanol–water partition coefficient (Wildman–Crippen LogP) is 2.90. The average molecular weight is 296 g/mol. The molecule has 6 heteroatoms. The summed E-state index contributed by atoms with van der Waals surface area (Å²) in [5, 5.41) is 4.95. The van der Waals surface area contributed by atoms with Gasteiger partial charge in [-0.05, 0) is 18.1 Å². The molecule has 1 aromatic heterocycles. The maximum Gasteiger partial charge on any atom is 0.179 e. The van der Waals surface area contributed by atoms with Gasteiger partial charge in [-0.25, -0.2) is 0 Å². The Kier molecular flexibility index (Phi) is 4.09. The summed E-state index contributed by atoms with van der Waals surface area (Å²) < 4.78 is 12.3. The molecule has 0 aliphatic rings. The number of hydrogen-bond donors (Lipinski definition) is 1. The molecule has 2 N–H and O–H groups in total. The number of nitrogens with two attached hydrogens (primary N) is 1. The molecule has 2 aromatic rings. The van der Waals surface area contributed by atoms with E-state index in [0.29, 0.717) is 22.3 Å². The lowest BCUT2D eigenvalue weighted by atomic mass is 10.0. The van der Waals surface area contributed by atoms with E-state index < -0.39 is 0 Å². The molecule has 0 radical (unpaired) electrons. The van der Waals surface area contributed by atoms with Crippen LogP contribution in [0.5, 0.6) is 11.5 Å². The Morgan fingerprint density at radius 3 is 2.45 bits per heavy atom. The number of ether oxygens (including phenoxy) is 2. The summed E-state index contributed by atoms with van der Waals surface area (Å²) in [6.45, 7) is 2.03. The van der Waals surface area contributed by atoms with Gasteiger partial charge in [0.15, 0.2) is 11.5 Å². The summed E-state index contributed by atoms with van der Waals surface area (Å²) in [7, 11) is 4.95. The molecular weight excluding hydrogens is 278 g/mol. The fourth-order valence-electron chi connectivity index (χ4n) is 2.18. The van der Waals surface area contributed by atoms with Crippen LogP contribution in [0.15, 0.2) is 12.1 Å². The van der Waals surface area contributed by atoms with E-state index in [1.165, 1.54) is 0 Å². The van der Waals surface area contributed by atoms with Gasteiger partial charge in [0.2, 0.25) is 0 Å². The SMILES string of the molecule is CCc1c(-c2cc(N)n(C)n2)cc(OC)c(OC)c1Cl. The highest BCUT2D eigenvalue weighted by molar-refractivity contribution is 6.33. The molecule has 20 heavy (non-hydrogen) atoms. The van der Waals surface area contributed by atoms with Gasteiger partial charge in [-0.3, -0.25) is 4.68 Å². The number of benzene rings is 1. The van der Waals surface area contributed by atoms with Gasteiger partial charge < -0.3 is 15.2 Å². The molecule has 0 saturated carbocycles. The highest BCUT2D eigenvalue weighted by Crippen LogP contribution is 2.43. The van der Waals surface area contributed by atoms with E-state index in [-0.39, 0.29) is 0 Å². The Labute approximate surface area is 123 Å². The van der Waals surface area contributed by atoms with Crippen LogP contribution in [0, 0.1) is 0 Å². The fraction of sp³-hybridized carbons (Fsp3) is 0.357. The zero-order valence-corrected chi connectivity index (χ0v) is 12.8. The third-order valence-corrected chi connectivity index (χ3v) is 3.66. The molecule has 0 amide bonds. The molecule has 0 saturated heterocycles. The van der Waals surface area contributed by atoms with Gasteiger partial charge in [0.05, 0.1) is 24.9 Å². The number of nitrogens with zero attached hydrogens (tertiary/aromatic N) is 2. The second kappa shape index (κ2) is 5.63. The molecule has 0 unspecified atom stereocenters. The van der Waals surface area contributed by atoms with Crippen molar-refractivity contribution in [2.75, 3.05) is 20.0 Å². The van der Waals surface area contributed by atoms with Crippen LogP contribution in [0.2, 0.25) is 5.02 Å². The smallest absolute Gasteiger partial charge is 0.179 e. The molecule has 1 heterocycles. The first-order chi connectivity index (χ1) is 9.53. The van der Waals surface area contributed by atoms with Crippen molar-refractivity contribution in [1.82, 2.24) is 9.78 Å². The first kappa shape index (κ1) is 14.5. The summed E-state index contributed by atoms with van der Waals surface area (Å²) in [6.07, 6.45) is 0.755. The van der Waals surface area contributed by atoms with Crippen molar-refractivity contribution in [3.63, 3.8) is 0 Å². The molecule has 0 spiro atoms. The number of aryl methyl sites for hydroxylation is 1. The van der Waals surface area contributed by atoms with Crippen LogP contribution in [0.3, 0.4) is 0 Å². The van der Waals surface area contributed by atoms with E-state index in [1.54, 1.807) is 25.9 Å². The number of nitrogen functional groups attached to an aromatic ring is 1. The van der Waals surface area contributed by atoms with Crippen molar-refractivity contribution >= 4 is 17.4 Å². The predicted molar refractivity (Wildman–Crippen MR) is 80.5 cm³/mol. The van der Waals surface area contributed by atoms with E-state index in [1.807, 2.05) is 19.1 Å². The summed E-state index contributed by atoms with van der Waals surface area (Å²) >= 11 is 6.42. The number of hydrogen-bond acceptors (Lipinski definition) is 4. The quantitative estimate of drug-likeness (QED) is 0.942. The minimum atomic E-state index is 0.540. The number of methoxy groups -OCH3 is 2. The minimum absolute atomic E-state index is 0.540. The summed E-state index contributed by atoms with van der Waals surface area (Å²) in [6, 6.07) is 3.70. The third kappa shape index (κ3) is 2.29. The highest BCUT2D eigenvalue weighted by Gasteiger charge is 2.19. The van der Waals surface area contributed by atoms with Gasteiger partial charge in [0.25, 0.3) is 0 Å². The third-order valence-electron chi connectivity index (χ3n) is 3.26. The standard InChI is InChI=1S/C14H18ClN3O2/c1-5-8-9(10-7-12(16)18(2)17-10)6-11(19-3)14(20-4)13(8)15/h6-7H,5,16H2,1-4H3. The molecule has 108 valence electrons. The molecule has 0 atom stereocenters. The van der Waals surface area contributed by atoms with E-state index in [2.05, 4.69) is 5.10 Å². The van der Waals surface area contributed by atoms with Crippen molar-refractivity contribution in [1.29, 1.82) is 0 Å². The second-order valence-electron chi connectivity index (χ2n) is 4.38. The largest absolute Gasteiger partial charge is 0.493 e. The van der Waals surface area contributed by atoms with E-state index >= 15 is 0 Å². The summed E-state index contributed by atoms with van der Waals surface area (Å²) in [4.78, 5) is 0. The van der Waals surface area contributed by atoms with Gasteiger partial charge in [0.1, 0.15) is 5.82 Å². The Morgan fingerprint density at radius 2 is 2.00 bits per heavy atom. The number of halogens is 1. The molecule has 0 aliphatic carbocycles. The van der Waals surface area contributed by atoms with Crippen LogP contribution < -0.4 is 15.2 Å². The maximum absolute atomic E-state index is 6.42. The summed E-state index contributed by atoms with van der Waals surface area (Å²) in [5.41, 5.74) is 8.48. The fourth-order valence-corrected chi connectivity index (χ4v) is 2.58. The van der Waals surface area contributed by atoms with Crippen molar-refractivity contribution < 1.29 is 9.47 Å². The average Bonchev–Trinajstić information content (AvgIpc) is 2.77. The molecular formula is C14H18ClN3O2. The number of anilines is 1. The Hall–Kier alpha value is -1.88. The maximum atomic E-state index is 6.42. The first-order valence-corrected chi connectivity index (χ1v) is 6.64. The van der Waals surface area contributed by atoms with E-state index in [4.69, 9.17) is 26.8 Å². The van der Waals surface area contributed by atoms with Crippen LogP contribution >= 0.6 is 11.6 Å². The normalized spacial score (nSPS) is 10.7. The highest BCUT2D eigenvalue weighted by atomic mass is 35.5. The Morgan fingerprint density at radius 1 is 1.30 bits per heavy atom. The van der Waals surface area contributed by atoms with Gasteiger partial charge in [-0.1, -0.05) is 18.5 Å². The molecule has 0 fully saturated rings. The molecule has 5 nitrogen and oxygen atoms in total. The monoisotopic (exact) mass is 295 g/mol. The second-order valence-corrected chi connectivity index (χ2v) is 4.76. The van der Waals surface area contributed by atoms with E-state index in [9.17, 15) is 0 Å². The molecule has 2 rings (SSSR count). The number of rotatable bonds is 4. The zero-order valence-electron chi connectivity index (χ0n) is 12.0. The number of aromatic nitrogens is 2.